The van der Waals surface area contributed by atoms with Crippen LogP contribution in [0.15, 0.2) is 48.5 Å². The van der Waals surface area contributed by atoms with Crippen molar-refractivity contribution in [1.29, 1.82) is 0 Å². The Hall–Kier alpha value is -2.53. The van der Waals surface area contributed by atoms with Crippen molar-refractivity contribution < 1.29 is 14.3 Å². The Morgan fingerprint density at radius 3 is 2.61 bits per heavy atom. The van der Waals surface area contributed by atoms with Crippen LogP contribution < -0.4 is 14.8 Å². The molecule has 1 aliphatic heterocycles. The zero-order valence-corrected chi connectivity index (χ0v) is 13.3. The fraction of sp³-hybridized carbons (Fsp3) is 0.278. The zero-order chi connectivity index (χ0) is 16.2. The van der Waals surface area contributed by atoms with Crippen molar-refractivity contribution in [2.75, 3.05) is 27.4 Å². The fourth-order valence-corrected chi connectivity index (χ4v) is 2.56. The van der Waals surface area contributed by atoms with Crippen LogP contribution in [-0.4, -0.2) is 38.2 Å². The molecule has 0 saturated carbocycles. The molecule has 1 amide bonds. The Kier molecular flexibility index (Phi) is 4.48. The van der Waals surface area contributed by atoms with Gasteiger partial charge in [-0.2, -0.15) is 0 Å². The molecule has 2 aromatic carbocycles. The largest absolute Gasteiger partial charge is 0.454 e. The van der Waals surface area contributed by atoms with E-state index in [-0.39, 0.29) is 18.7 Å². The number of benzene rings is 2. The number of hydrogen-bond acceptors (Lipinski definition) is 4. The third kappa shape index (κ3) is 3.63. The van der Waals surface area contributed by atoms with E-state index in [0.29, 0.717) is 17.1 Å². The summed E-state index contributed by atoms with van der Waals surface area (Å²) in [7, 11) is 3.98. The first-order valence-electron chi connectivity index (χ1n) is 7.53. The minimum Gasteiger partial charge on any atom is -0.454 e. The molecule has 3 rings (SSSR count). The van der Waals surface area contributed by atoms with Gasteiger partial charge in [0.1, 0.15) is 0 Å². The molecule has 1 atom stereocenters. The Morgan fingerprint density at radius 2 is 1.87 bits per heavy atom. The molecule has 0 spiro atoms. The minimum absolute atomic E-state index is 0.0795. The van der Waals surface area contributed by atoms with Gasteiger partial charge in [0.2, 0.25) is 6.79 Å². The fourth-order valence-electron chi connectivity index (χ4n) is 2.56. The Morgan fingerprint density at radius 1 is 1.13 bits per heavy atom. The van der Waals surface area contributed by atoms with Crippen LogP contribution >= 0.6 is 0 Å². The van der Waals surface area contributed by atoms with Gasteiger partial charge < -0.3 is 19.7 Å². The predicted octanol–water partition coefficient (Wildman–Crippen LogP) is 2.45. The van der Waals surface area contributed by atoms with Crippen LogP contribution in [-0.2, 0) is 0 Å². The normalized spacial score (nSPS) is 13.9. The van der Waals surface area contributed by atoms with E-state index in [0.717, 1.165) is 12.1 Å². The van der Waals surface area contributed by atoms with Crippen molar-refractivity contribution in [3.63, 3.8) is 0 Å². The number of fused-ring (bicyclic) bond motifs is 1. The number of nitrogens with one attached hydrogen (secondary N) is 1. The van der Waals surface area contributed by atoms with Gasteiger partial charge in [0.05, 0.1) is 6.04 Å². The summed E-state index contributed by atoms with van der Waals surface area (Å²) >= 11 is 0. The summed E-state index contributed by atoms with van der Waals surface area (Å²) in [5.74, 6) is 1.16. The van der Waals surface area contributed by atoms with Gasteiger partial charge in [0.25, 0.3) is 5.91 Å². The summed E-state index contributed by atoms with van der Waals surface area (Å²) in [6.07, 6.45) is 0. The van der Waals surface area contributed by atoms with Gasteiger partial charge in [-0.05, 0) is 37.9 Å². The molecule has 0 aliphatic carbocycles. The molecule has 23 heavy (non-hydrogen) atoms. The molecule has 2 aromatic rings. The SMILES string of the molecule is CN(C)C[C@H](NC(=O)c1ccc2c(c1)OCO2)c1ccccc1. The second-order valence-corrected chi connectivity index (χ2v) is 5.77. The highest BCUT2D eigenvalue weighted by molar-refractivity contribution is 5.95. The molecule has 1 N–H and O–H groups in total. The number of carbonyl (C=O) groups is 1. The number of carbonyl (C=O) groups excluding carboxylic acids is 1. The van der Waals surface area contributed by atoms with E-state index in [2.05, 4.69) is 10.2 Å². The lowest BCUT2D eigenvalue weighted by Gasteiger charge is -2.23. The van der Waals surface area contributed by atoms with Gasteiger partial charge in [-0.3, -0.25) is 4.79 Å². The van der Waals surface area contributed by atoms with Crippen molar-refractivity contribution in [1.82, 2.24) is 10.2 Å². The second-order valence-electron chi connectivity index (χ2n) is 5.77. The summed E-state index contributed by atoms with van der Waals surface area (Å²) in [6.45, 7) is 0.925. The molecular formula is C18H20N2O3. The first-order chi connectivity index (χ1) is 11.1. The minimum atomic E-state index is -0.126. The van der Waals surface area contributed by atoms with Gasteiger partial charge in [0, 0.05) is 12.1 Å². The van der Waals surface area contributed by atoms with E-state index in [1.807, 2.05) is 44.4 Å². The van der Waals surface area contributed by atoms with E-state index >= 15 is 0 Å². The molecular weight excluding hydrogens is 292 g/mol. The van der Waals surface area contributed by atoms with Gasteiger partial charge in [0.15, 0.2) is 11.5 Å². The molecule has 5 heteroatoms. The third-order valence-corrected chi connectivity index (χ3v) is 3.69. The van der Waals surface area contributed by atoms with Crippen molar-refractivity contribution in [3.8, 4) is 11.5 Å². The molecule has 120 valence electrons. The lowest BCUT2D eigenvalue weighted by atomic mass is 10.1. The number of ether oxygens (including phenoxy) is 2. The average Bonchev–Trinajstić information content (AvgIpc) is 3.02. The smallest absolute Gasteiger partial charge is 0.251 e. The van der Waals surface area contributed by atoms with Crippen LogP contribution in [0.2, 0.25) is 0 Å². The molecule has 0 fully saturated rings. The number of likely N-dealkylation sites (N-methyl/N-ethyl adjacent to an activating group) is 1. The van der Waals surface area contributed by atoms with Gasteiger partial charge in [-0.15, -0.1) is 0 Å². The van der Waals surface area contributed by atoms with E-state index in [4.69, 9.17) is 9.47 Å². The summed E-state index contributed by atoms with van der Waals surface area (Å²) in [6, 6.07) is 15.1. The number of hydrogen-bond donors (Lipinski definition) is 1. The van der Waals surface area contributed by atoms with Gasteiger partial charge >= 0.3 is 0 Å². The Balaban J connectivity index is 1.78. The topological polar surface area (TPSA) is 50.8 Å². The average molecular weight is 312 g/mol. The molecule has 0 radical (unpaired) electrons. The number of nitrogens with zero attached hydrogens (tertiary/aromatic N) is 1. The van der Waals surface area contributed by atoms with Crippen LogP contribution in [0, 0.1) is 0 Å². The number of rotatable bonds is 5. The predicted molar refractivity (Wildman–Crippen MR) is 87.8 cm³/mol. The summed E-state index contributed by atoms with van der Waals surface area (Å²) in [5.41, 5.74) is 1.64. The van der Waals surface area contributed by atoms with Crippen molar-refractivity contribution in [3.05, 3.63) is 59.7 Å². The monoisotopic (exact) mass is 312 g/mol. The highest BCUT2D eigenvalue weighted by Crippen LogP contribution is 2.32. The van der Waals surface area contributed by atoms with Crippen molar-refractivity contribution in [2.45, 2.75) is 6.04 Å². The van der Waals surface area contributed by atoms with E-state index in [1.54, 1.807) is 18.2 Å². The van der Waals surface area contributed by atoms with E-state index in [1.165, 1.54) is 0 Å². The van der Waals surface area contributed by atoms with Crippen molar-refractivity contribution >= 4 is 5.91 Å². The van der Waals surface area contributed by atoms with Crippen LogP contribution in [0.1, 0.15) is 22.0 Å². The highest BCUT2D eigenvalue weighted by Gasteiger charge is 2.19. The van der Waals surface area contributed by atoms with Crippen molar-refractivity contribution in [2.24, 2.45) is 0 Å². The second kappa shape index (κ2) is 6.71. The van der Waals surface area contributed by atoms with E-state index < -0.39 is 0 Å². The zero-order valence-electron chi connectivity index (χ0n) is 13.3. The molecule has 0 saturated heterocycles. The maximum Gasteiger partial charge on any atom is 0.251 e. The lowest BCUT2D eigenvalue weighted by molar-refractivity contribution is 0.0929. The van der Waals surface area contributed by atoms with Gasteiger partial charge in [-0.25, -0.2) is 0 Å². The molecule has 1 aliphatic rings. The quantitative estimate of drug-likeness (QED) is 0.921. The van der Waals surface area contributed by atoms with E-state index in [9.17, 15) is 4.79 Å². The van der Waals surface area contributed by atoms with Crippen LogP contribution in [0.4, 0.5) is 0 Å². The first-order valence-corrected chi connectivity index (χ1v) is 7.53. The maximum atomic E-state index is 12.6. The summed E-state index contributed by atoms with van der Waals surface area (Å²) in [5, 5.41) is 3.10. The standard InChI is InChI=1S/C18H20N2O3/c1-20(2)11-15(13-6-4-3-5-7-13)19-18(21)14-8-9-16-17(10-14)23-12-22-16/h3-10,15H,11-12H2,1-2H3,(H,19,21)/t15-/m0/s1. The molecule has 0 aromatic heterocycles. The first kappa shape index (κ1) is 15.4. The maximum absolute atomic E-state index is 12.6. The Labute approximate surface area is 135 Å². The van der Waals surface area contributed by atoms with Crippen LogP contribution in [0.25, 0.3) is 0 Å². The van der Waals surface area contributed by atoms with Crippen LogP contribution in [0.3, 0.4) is 0 Å². The van der Waals surface area contributed by atoms with Gasteiger partial charge in [-0.1, -0.05) is 30.3 Å². The highest BCUT2D eigenvalue weighted by atomic mass is 16.7. The molecule has 0 bridgehead atoms. The molecule has 0 unspecified atom stereocenters. The summed E-state index contributed by atoms with van der Waals surface area (Å²) in [4.78, 5) is 14.6. The molecule has 5 nitrogen and oxygen atoms in total. The number of amides is 1. The third-order valence-electron chi connectivity index (χ3n) is 3.69. The summed E-state index contributed by atoms with van der Waals surface area (Å²) < 4.78 is 10.6. The Bertz CT molecular complexity index is 686. The van der Waals surface area contributed by atoms with Crippen LogP contribution in [0.5, 0.6) is 11.5 Å². The lowest BCUT2D eigenvalue weighted by Crippen LogP contribution is -2.35. The molecule has 1 heterocycles.